The molecular weight excluding hydrogens is 330 g/mol. The molecule has 0 N–H and O–H groups in total. The van der Waals surface area contributed by atoms with Gasteiger partial charge in [0.25, 0.3) is 0 Å². The predicted octanol–water partition coefficient (Wildman–Crippen LogP) is 3.37. The smallest absolute Gasteiger partial charge is 0.245 e. The van der Waals surface area contributed by atoms with Crippen LogP contribution in [0, 0.1) is 0 Å². The maximum atomic E-state index is 13.1. The number of nitrogens with zero attached hydrogens (tertiary/aromatic N) is 3. The fraction of sp³-hybridized carbons (Fsp3) is 0.300. The lowest BCUT2D eigenvalue weighted by molar-refractivity contribution is -0.134. The number of rotatable bonds is 5. The molecule has 0 saturated heterocycles. The van der Waals surface area contributed by atoms with E-state index in [1.165, 1.54) is 0 Å². The zero-order valence-corrected chi connectivity index (χ0v) is 14.9. The Bertz CT molecular complexity index is 950. The van der Waals surface area contributed by atoms with Crippen LogP contribution in [0.15, 0.2) is 48.8 Å². The molecule has 0 saturated carbocycles. The second-order valence-electron chi connectivity index (χ2n) is 6.36. The molecule has 2 heterocycles. The number of benzene rings is 2. The summed E-state index contributed by atoms with van der Waals surface area (Å²) in [5, 5.41) is 0. The lowest BCUT2D eigenvalue weighted by Crippen LogP contribution is -2.35. The number of aromatic nitrogens is 2. The van der Waals surface area contributed by atoms with Crippen LogP contribution in [0.4, 0.5) is 0 Å². The van der Waals surface area contributed by atoms with E-state index in [0.29, 0.717) is 13.1 Å². The molecule has 0 spiro atoms. The van der Waals surface area contributed by atoms with E-state index in [2.05, 4.69) is 4.98 Å². The number of imidazole rings is 1. The van der Waals surface area contributed by atoms with E-state index < -0.39 is 0 Å². The van der Waals surface area contributed by atoms with Crippen molar-refractivity contribution in [2.75, 3.05) is 13.3 Å². The number of para-hydroxylation sites is 2. The molecule has 0 bridgehead atoms. The second kappa shape index (κ2) is 6.71. The lowest BCUT2D eigenvalue weighted by Gasteiger charge is -2.25. The number of hydrogen-bond donors (Lipinski definition) is 0. The van der Waals surface area contributed by atoms with Crippen LogP contribution in [0.1, 0.15) is 25.5 Å². The SMILES string of the molecule is CCN(Cc1ccc2c(c1)OCO2)C(=O)[C@@H](C)n1cnc2ccccc21. The molecule has 0 fully saturated rings. The maximum Gasteiger partial charge on any atom is 0.245 e. The number of carbonyl (C=O) groups is 1. The minimum atomic E-state index is -0.323. The quantitative estimate of drug-likeness (QED) is 0.707. The van der Waals surface area contributed by atoms with Crippen molar-refractivity contribution in [3.05, 3.63) is 54.4 Å². The summed E-state index contributed by atoms with van der Waals surface area (Å²) in [4.78, 5) is 19.3. The summed E-state index contributed by atoms with van der Waals surface area (Å²) in [6, 6.07) is 13.3. The van der Waals surface area contributed by atoms with Gasteiger partial charge >= 0.3 is 0 Å². The van der Waals surface area contributed by atoms with Crippen LogP contribution < -0.4 is 9.47 Å². The molecule has 1 aromatic heterocycles. The highest BCUT2D eigenvalue weighted by atomic mass is 16.7. The van der Waals surface area contributed by atoms with Crippen molar-refractivity contribution in [1.82, 2.24) is 14.5 Å². The Morgan fingerprint density at radius 1 is 1.23 bits per heavy atom. The highest BCUT2D eigenvalue weighted by Gasteiger charge is 2.23. The highest BCUT2D eigenvalue weighted by molar-refractivity contribution is 5.83. The zero-order valence-electron chi connectivity index (χ0n) is 14.9. The molecule has 134 valence electrons. The van der Waals surface area contributed by atoms with Crippen LogP contribution in [-0.2, 0) is 11.3 Å². The summed E-state index contributed by atoms with van der Waals surface area (Å²) in [6.45, 7) is 5.31. The fourth-order valence-corrected chi connectivity index (χ4v) is 3.28. The number of carbonyl (C=O) groups excluding carboxylic acids is 1. The first-order valence-corrected chi connectivity index (χ1v) is 8.76. The second-order valence-corrected chi connectivity index (χ2v) is 6.36. The van der Waals surface area contributed by atoms with Gasteiger partial charge in [0.1, 0.15) is 6.04 Å². The Kier molecular flexibility index (Phi) is 4.24. The molecule has 0 unspecified atom stereocenters. The Labute approximate surface area is 152 Å². The summed E-state index contributed by atoms with van der Waals surface area (Å²) >= 11 is 0. The van der Waals surface area contributed by atoms with E-state index in [1.807, 2.05) is 65.8 Å². The minimum absolute atomic E-state index is 0.0633. The number of hydrogen-bond acceptors (Lipinski definition) is 4. The molecule has 1 aliphatic rings. The average Bonchev–Trinajstić information content (AvgIpc) is 3.31. The molecular formula is C20H21N3O3. The van der Waals surface area contributed by atoms with Crippen molar-refractivity contribution in [1.29, 1.82) is 0 Å². The van der Waals surface area contributed by atoms with Crippen LogP contribution >= 0.6 is 0 Å². The van der Waals surface area contributed by atoms with E-state index in [4.69, 9.17) is 9.47 Å². The fourth-order valence-electron chi connectivity index (χ4n) is 3.28. The molecule has 1 aliphatic heterocycles. The van der Waals surface area contributed by atoms with Crippen molar-refractivity contribution in [2.24, 2.45) is 0 Å². The topological polar surface area (TPSA) is 56.6 Å². The van der Waals surface area contributed by atoms with Gasteiger partial charge < -0.3 is 18.9 Å². The molecule has 1 atom stereocenters. The first-order valence-electron chi connectivity index (χ1n) is 8.76. The third-order valence-electron chi connectivity index (χ3n) is 4.76. The normalized spacial score (nSPS) is 13.8. The number of amides is 1. The highest BCUT2D eigenvalue weighted by Crippen LogP contribution is 2.33. The number of ether oxygens (including phenoxy) is 2. The predicted molar refractivity (Wildman–Crippen MR) is 98.1 cm³/mol. The van der Waals surface area contributed by atoms with Crippen molar-refractivity contribution in [3.63, 3.8) is 0 Å². The van der Waals surface area contributed by atoms with E-state index >= 15 is 0 Å². The first-order chi connectivity index (χ1) is 12.7. The molecule has 0 aliphatic carbocycles. The third-order valence-corrected chi connectivity index (χ3v) is 4.76. The van der Waals surface area contributed by atoms with Gasteiger partial charge in [0, 0.05) is 13.1 Å². The van der Waals surface area contributed by atoms with Crippen LogP contribution in [0.3, 0.4) is 0 Å². The zero-order chi connectivity index (χ0) is 18.1. The molecule has 4 rings (SSSR count). The number of fused-ring (bicyclic) bond motifs is 2. The van der Waals surface area contributed by atoms with Crippen molar-refractivity contribution in [3.8, 4) is 11.5 Å². The largest absolute Gasteiger partial charge is 0.454 e. The standard InChI is InChI=1S/C20H21N3O3/c1-3-22(11-15-8-9-18-19(10-15)26-13-25-18)20(24)14(2)23-12-21-16-6-4-5-7-17(16)23/h4-10,12,14H,3,11,13H2,1-2H3/t14-/m1/s1. The Morgan fingerprint density at radius 2 is 2.04 bits per heavy atom. The molecule has 3 aromatic rings. The summed E-state index contributed by atoms with van der Waals surface area (Å²) in [7, 11) is 0. The van der Waals surface area contributed by atoms with Crippen molar-refractivity contribution >= 4 is 16.9 Å². The monoisotopic (exact) mass is 351 g/mol. The Balaban J connectivity index is 1.55. The van der Waals surface area contributed by atoms with Gasteiger partial charge in [0.2, 0.25) is 12.7 Å². The summed E-state index contributed by atoms with van der Waals surface area (Å²) in [5.74, 6) is 1.55. The van der Waals surface area contributed by atoms with Crippen LogP contribution in [0.5, 0.6) is 11.5 Å². The van der Waals surface area contributed by atoms with Gasteiger partial charge in [-0.15, -0.1) is 0 Å². The molecule has 1 amide bonds. The molecule has 26 heavy (non-hydrogen) atoms. The molecule has 0 radical (unpaired) electrons. The lowest BCUT2D eigenvalue weighted by atomic mass is 10.1. The number of likely N-dealkylation sites (N-methyl/N-ethyl adjacent to an activating group) is 1. The van der Waals surface area contributed by atoms with Crippen LogP contribution in [0.25, 0.3) is 11.0 Å². The van der Waals surface area contributed by atoms with Crippen molar-refractivity contribution < 1.29 is 14.3 Å². The van der Waals surface area contributed by atoms with E-state index in [-0.39, 0.29) is 18.7 Å². The van der Waals surface area contributed by atoms with Crippen molar-refractivity contribution in [2.45, 2.75) is 26.4 Å². The van der Waals surface area contributed by atoms with Gasteiger partial charge in [-0.2, -0.15) is 0 Å². The van der Waals surface area contributed by atoms with Crippen LogP contribution in [0.2, 0.25) is 0 Å². The van der Waals surface area contributed by atoms with Gasteiger partial charge in [-0.3, -0.25) is 4.79 Å². The van der Waals surface area contributed by atoms with Gasteiger partial charge in [0.15, 0.2) is 11.5 Å². The Hall–Kier alpha value is -3.02. The van der Waals surface area contributed by atoms with Gasteiger partial charge in [-0.05, 0) is 43.7 Å². The van der Waals surface area contributed by atoms with Gasteiger partial charge in [0.05, 0.1) is 17.4 Å². The van der Waals surface area contributed by atoms with E-state index in [0.717, 1.165) is 28.1 Å². The van der Waals surface area contributed by atoms with E-state index in [1.54, 1.807) is 6.33 Å². The summed E-state index contributed by atoms with van der Waals surface area (Å²) in [5.41, 5.74) is 2.88. The van der Waals surface area contributed by atoms with Crippen LogP contribution in [-0.4, -0.2) is 33.7 Å². The molecule has 6 nitrogen and oxygen atoms in total. The Morgan fingerprint density at radius 3 is 2.88 bits per heavy atom. The molecule has 2 aromatic carbocycles. The maximum absolute atomic E-state index is 13.1. The summed E-state index contributed by atoms with van der Waals surface area (Å²) < 4.78 is 12.7. The summed E-state index contributed by atoms with van der Waals surface area (Å²) in [6.07, 6.45) is 1.74. The van der Waals surface area contributed by atoms with E-state index in [9.17, 15) is 4.79 Å². The van der Waals surface area contributed by atoms with Gasteiger partial charge in [-0.25, -0.2) is 4.98 Å². The average molecular weight is 351 g/mol. The third kappa shape index (κ3) is 2.87. The van der Waals surface area contributed by atoms with Gasteiger partial charge in [-0.1, -0.05) is 18.2 Å². The first kappa shape index (κ1) is 16.4. The minimum Gasteiger partial charge on any atom is -0.454 e. The molecule has 6 heteroatoms.